The van der Waals surface area contributed by atoms with Crippen molar-refractivity contribution in [1.82, 2.24) is 15.1 Å². The van der Waals surface area contributed by atoms with Gasteiger partial charge >= 0.3 is 6.01 Å². The molecule has 1 saturated heterocycles. The molecule has 5 rings (SSSR count). The number of anilines is 1. The second kappa shape index (κ2) is 5.38. The van der Waals surface area contributed by atoms with Gasteiger partial charge in [0.05, 0.1) is 18.1 Å². The van der Waals surface area contributed by atoms with Crippen LogP contribution in [-0.2, 0) is 14.4 Å². The maximum Gasteiger partial charge on any atom is 0.322 e. The highest BCUT2D eigenvalue weighted by atomic mass is 16.4. The number of imide groups is 1. The third kappa shape index (κ3) is 2.13. The molecule has 3 aliphatic rings. The van der Waals surface area contributed by atoms with Gasteiger partial charge in [-0.25, -0.2) is 0 Å². The van der Waals surface area contributed by atoms with Gasteiger partial charge in [-0.15, -0.1) is 5.10 Å². The molecule has 0 unspecified atom stereocenters. The number of carbonyl (C=O) groups is 3. The van der Waals surface area contributed by atoms with Crippen molar-refractivity contribution in [2.24, 2.45) is 23.7 Å². The van der Waals surface area contributed by atoms with E-state index in [-0.39, 0.29) is 53.9 Å². The van der Waals surface area contributed by atoms with Gasteiger partial charge in [0, 0.05) is 0 Å². The van der Waals surface area contributed by atoms with Crippen molar-refractivity contribution < 1.29 is 23.2 Å². The predicted molar refractivity (Wildman–Crippen MR) is 85.1 cm³/mol. The molecule has 2 aromatic heterocycles. The lowest BCUT2D eigenvalue weighted by Crippen LogP contribution is -2.39. The van der Waals surface area contributed by atoms with Crippen molar-refractivity contribution >= 4 is 23.7 Å². The van der Waals surface area contributed by atoms with Crippen molar-refractivity contribution in [2.45, 2.75) is 6.42 Å². The Hall–Kier alpha value is -3.23. The van der Waals surface area contributed by atoms with Gasteiger partial charge in [0.1, 0.15) is 6.54 Å². The zero-order valence-electron chi connectivity index (χ0n) is 13.5. The van der Waals surface area contributed by atoms with Crippen LogP contribution in [0.5, 0.6) is 0 Å². The van der Waals surface area contributed by atoms with Crippen LogP contribution in [0.25, 0.3) is 11.7 Å². The summed E-state index contributed by atoms with van der Waals surface area (Å²) in [6, 6.07) is 3.19. The van der Waals surface area contributed by atoms with Crippen LogP contribution < -0.4 is 5.32 Å². The number of furan rings is 1. The third-order valence-corrected chi connectivity index (χ3v) is 5.27. The van der Waals surface area contributed by atoms with Gasteiger partial charge in [0.15, 0.2) is 5.76 Å². The summed E-state index contributed by atoms with van der Waals surface area (Å²) in [6.07, 6.45) is 6.33. The van der Waals surface area contributed by atoms with Crippen LogP contribution in [0.4, 0.5) is 6.01 Å². The molecule has 2 fully saturated rings. The molecule has 4 atom stereocenters. The minimum Gasteiger partial charge on any atom is -0.459 e. The van der Waals surface area contributed by atoms with Crippen LogP contribution in [-0.4, -0.2) is 39.4 Å². The summed E-state index contributed by atoms with van der Waals surface area (Å²) in [5.74, 6) is -1.03. The fraction of sp³-hybridized carbons (Fsp3) is 0.353. The molecular weight excluding hydrogens is 340 g/mol. The summed E-state index contributed by atoms with van der Waals surface area (Å²) >= 11 is 0. The first-order valence-electron chi connectivity index (χ1n) is 8.32. The quantitative estimate of drug-likeness (QED) is 0.644. The largest absolute Gasteiger partial charge is 0.459 e. The molecule has 0 radical (unpaired) electrons. The Bertz CT molecular complexity index is 901. The average Bonchev–Trinajstić information content (AvgIpc) is 3.41. The van der Waals surface area contributed by atoms with Gasteiger partial charge < -0.3 is 8.83 Å². The van der Waals surface area contributed by atoms with E-state index >= 15 is 0 Å². The molecule has 0 aromatic carbocycles. The summed E-state index contributed by atoms with van der Waals surface area (Å²) in [7, 11) is 0. The van der Waals surface area contributed by atoms with Crippen molar-refractivity contribution in [3.8, 4) is 11.7 Å². The molecule has 3 amide bonds. The Kier molecular flexibility index (Phi) is 3.12. The SMILES string of the molecule is O=C(CN1C(=O)[C@@H]2[C@H](C1=O)[C@@H]1C=C[C@@H]2C1)Nc1nnc(-c2ccco2)o1. The fourth-order valence-corrected chi connectivity index (χ4v) is 4.20. The summed E-state index contributed by atoms with van der Waals surface area (Å²) in [5.41, 5.74) is 0. The van der Waals surface area contributed by atoms with E-state index in [0.29, 0.717) is 5.76 Å². The number of likely N-dealkylation sites (tertiary alicyclic amines) is 1. The first kappa shape index (κ1) is 15.1. The zero-order valence-corrected chi connectivity index (χ0v) is 13.5. The number of allylic oxidation sites excluding steroid dienone is 2. The highest BCUT2D eigenvalue weighted by Gasteiger charge is 2.59. The Balaban J connectivity index is 1.27. The Morgan fingerprint density at radius 1 is 1.19 bits per heavy atom. The molecule has 0 spiro atoms. The minimum atomic E-state index is -0.568. The molecule has 1 N–H and O–H groups in total. The van der Waals surface area contributed by atoms with Crippen molar-refractivity contribution in [3.63, 3.8) is 0 Å². The lowest BCUT2D eigenvalue weighted by molar-refractivity contribution is -0.143. The fourth-order valence-electron chi connectivity index (χ4n) is 4.20. The van der Waals surface area contributed by atoms with Gasteiger partial charge in [0.25, 0.3) is 5.89 Å². The third-order valence-electron chi connectivity index (χ3n) is 5.27. The van der Waals surface area contributed by atoms with Gasteiger partial charge in [0.2, 0.25) is 17.7 Å². The zero-order chi connectivity index (χ0) is 17.8. The van der Waals surface area contributed by atoms with Gasteiger partial charge in [-0.3, -0.25) is 24.6 Å². The average molecular weight is 354 g/mol. The van der Waals surface area contributed by atoms with E-state index in [9.17, 15) is 14.4 Å². The Labute approximate surface area is 147 Å². The molecule has 2 aromatic rings. The first-order valence-corrected chi connectivity index (χ1v) is 8.32. The monoisotopic (exact) mass is 354 g/mol. The van der Waals surface area contributed by atoms with Crippen LogP contribution in [0, 0.1) is 23.7 Å². The summed E-state index contributed by atoms with van der Waals surface area (Å²) in [4.78, 5) is 38.4. The summed E-state index contributed by atoms with van der Waals surface area (Å²) < 4.78 is 10.4. The second-order valence-electron chi connectivity index (χ2n) is 6.70. The Morgan fingerprint density at radius 3 is 2.58 bits per heavy atom. The maximum absolute atomic E-state index is 12.6. The minimum absolute atomic E-state index is 0.112. The number of nitrogens with one attached hydrogen (secondary N) is 1. The number of hydrogen-bond acceptors (Lipinski definition) is 7. The molecule has 9 nitrogen and oxygen atoms in total. The van der Waals surface area contributed by atoms with E-state index < -0.39 is 5.91 Å². The van der Waals surface area contributed by atoms with E-state index in [1.54, 1.807) is 12.1 Å². The molecule has 2 bridgehead atoms. The van der Waals surface area contributed by atoms with Gasteiger partial charge in [-0.2, -0.15) is 0 Å². The molecule has 26 heavy (non-hydrogen) atoms. The molecule has 1 saturated carbocycles. The highest BCUT2D eigenvalue weighted by molar-refractivity contribution is 6.09. The number of nitrogens with zero attached hydrogens (tertiary/aromatic N) is 3. The van der Waals surface area contributed by atoms with E-state index in [1.165, 1.54) is 6.26 Å². The highest BCUT2D eigenvalue weighted by Crippen LogP contribution is 2.52. The number of hydrogen-bond donors (Lipinski definition) is 1. The van der Waals surface area contributed by atoms with E-state index in [0.717, 1.165) is 11.3 Å². The molecular formula is C17H14N4O5. The molecule has 1 aliphatic heterocycles. The standard InChI is InChI=1S/C17H14N4O5/c22-11(18-17-20-19-14(26-17)10-2-1-5-25-10)7-21-15(23)12-8-3-4-9(6-8)13(12)16(21)24/h1-5,8-9,12-13H,6-7H2,(H,18,20,22)/t8-,9-,12-,13+/m1/s1. The van der Waals surface area contributed by atoms with Crippen LogP contribution in [0.3, 0.4) is 0 Å². The van der Waals surface area contributed by atoms with E-state index in [2.05, 4.69) is 15.5 Å². The summed E-state index contributed by atoms with van der Waals surface area (Å²) in [6.45, 7) is -0.359. The van der Waals surface area contributed by atoms with Crippen LogP contribution in [0.15, 0.2) is 39.4 Å². The number of carbonyl (C=O) groups excluding carboxylic acids is 3. The van der Waals surface area contributed by atoms with Crippen molar-refractivity contribution in [3.05, 3.63) is 30.5 Å². The topological polar surface area (TPSA) is 119 Å². The van der Waals surface area contributed by atoms with Crippen LogP contribution in [0.1, 0.15) is 6.42 Å². The van der Waals surface area contributed by atoms with Crippen molar-refractivity contribution in [1.29, 1.82) is 0 Å². The molecule has 9 heteroatoms. The number of fused-ring (bicyclic) bond motifs is 5. The van der Waals surface area contributed by atoms with E-state index in [4.69, 9.17) is 8.83 Å². The normalized spacial score (nSPS) is 28.8. The maximum atomic E-state index is 12.6. The Morgan fingerprint density at radius 2 is 1.92 bits per heavy atom. The van der Waals surface area contributed by atoms with Crippen LogP contribution in [0.2, 0.25) is 0 Å². The van der Waals surface area contributed by atoms with Gasteiger partial charge in [-0.1, -0.05) is 17.3 Å². The second-order valence-corrected chi connectivity index (χ2v) is 6.70. The molecule has 3 heterocycles. The number of amides is 3. The lowest BCUT2D eigenvalue weighted by Gasteiger charge is -2.15. The summed E-state index contributed by atoms with van der Waals surface area (Å²) in [5, 5.41) is 9.89. The van der Waals surface area contributed by atoms with Gasteiger partial charge in [-0.05, 0) is 30.4 Å². The van der Waals surface area contributed by atoms with Crippen molar-refractivity contribution in [2.75, 3.05) is 11.9 Å². The van der Waals surface area contributed by atoms with E-state index in [1.807, 2.05) is 12.2 Å². The lowest BCUT2D eigenvalue weighted by atomic mass is 9.85. The molecule has 2 aliphatic carbocycles. The van der Waals surface area contributed by atoms with Crippen LogP contribution >= 0.6 is 0 Å². The molecule has 132 valence electrons. The predicted octanol–water partition coefficient (Wildman–Crippen LogP) is 1.08. The smallest absolute Gasteiger partial charge is 0.322 e. The first-order chi connectivity index (χ1) is 12.6. The number of rotatable bonds is 4. The number of aromatic nitrogens is 2.